The predicted octanol–water partition coefficient (Wildman–Crippen LogP) is 5.41. The van der Waals surface area contributed by atoms with Crippen molar-refractivity contribution in [2.45, 2.75) is 70.3 Å². The third-order valence-electron chi connectivity index (χ3n) is 9.01. The Labute approximate surface area is 192 Å². The number of fused-ring (bicyclic) bond motifs is 4. The molecular formula is C29H35NO2. The number of hydrogen-bond donors (Lipinski definition) is 1. The number of anilines is 1. The van der Waals surface area contributed by atoms with E-state index in [1.807, 2.05) is 13.0 Å². The highest BCUT2D eigenvalue weighted by Gasteiger charge is 2.62. The van der Waals surface area contributed by atoms with Crippen LogP contribution in [0.2, 0.25) is 0 Å². The zero-order valence-electron chi connectivity index (χ0n) is 19.9. The zero-order chi connectivity index (χ0) is 22.7. The largest absolute Gasteiger partial charge is 0.378 e. The van der Waals surface area contributed by atoms with Crippen LogP contribution in [0.15, 0.2) is 47.1 Å². The summed E-state index contributed by atoms with van der Waals surface area (Å²) in [5.74, 6) is 7.75. The first-order valence-electron chi connectivity index (χ1n) is 12.2. The van der Waals surface area contributed by atoms with Crippen molar-refractivity contribution in [1.29, 1.82) is 0 Å². The minimum Gasteiger partial charge on any atom is -0.378 e. The molecule has 168 valence electrons. The molecule has 0 saturated heterocycles. The van der Waals surface area contributed by atoms with Gasteiger partial charge in [-0.3, -0.25) is 4.79 Å². The fourth-order valence-electron chi connectivity index (χ4n) is 7.40. The molecule has 3 nitrogen and oxygen atoms in total. The van der Waals surface area contributed by atoms with Gasteiger partial charge < -0.3 is 10.0 Å². The Morgan fingerprint density at radius 2 is 1.97 bits per heavy atom. The lowest BCUT2D eigenvalue weighted by Crippen LogP contribution is -2.51. The third kappa shape index (κ3) is 3.11. The van der Waals surface area contributed by atoms with Gasteiger partial charge in [0.15, 0.2) is 5.78 Å². The molecule has 0 bridgehead atoms. The van der Waals surface area contributed by atoms with Crippen molar-refractivity contribution in [1.82, 2.24) is 0 Å². The number of ketones is 1. The number of carbonyl (C=O) groups excluding carboxylic acids is 1. The number of carbonyl (C=O) groups is 1. The van der Waals surface area contributed by atoms with E-state index in [0.717, 1.165) is 38.5 Å². The van der Waals surface area contributed by atoms with Gasteiger partial charge in [0, 0.05) is 37.5 Å². The molecule has 32 heavy (non-hydrogen) atoms. The second kappa shape index (κ2) is 7.63. The SMILES string of the molecule is CC#C[C@]1(O)CC[C@@H]2[C@@H]3CCC4=CC(=O)CCC4=C3[C@@H](c3cccc(N(C)C)c3)C[C@@]21C. The summed E-state index contributed by atoms with van der Waals surface area (Å²) in [5.41, 5.74) is 5.71. The third-order valence-corrected chi connectivity index (χ3v) is 9.01. The van der Waals surface area contributed by atoms with Crippen LogP contribution >= 0.6 is 0 Å². The monoisotopic (exact) mass is 429 g/mol. The van der Waals surface area contributed by atoms with Gasteiger partial charge in [-0.2, -0.15) is 0 Å². The van der Waals surface area contributed by atoms with E-state index in [4.69, 9.17) is 0 Å². The topological polar surface area (TPSA) is 40.5 Å². The Morgan fingerprint density at radius 1 is 1.16 bits per heavy atom. The maximum absolute atomic E-state index is 12.2. The zero-order valence-corrected chi connectivity index (χ0v) is 19.9. The quantitative estimate of drug-likeness (QED) is 0.640. The van der Waals surface area contributed by atoms with E-state index in [9.17, 15) is 9.90 Å². The number of rotatable bonds is 2. The molecule has 1 N–H and O–H groups in total. The van der Waals surface area contributed by atoms with Gasteiger partial charge in [0.25, 0.3) is 0 Å². The van der Waals surface area contributed by atoms with Crippen molar-refractivity contribution in [3.8, 4) is 11.8 Å². The summed E-state index contributed by atoms with van der Waals surface area (Å²) in [6.45, 7) is 4.15. The van der Waals surface area contributed by atoms with E-state index in [-0.39, 0.29) is 17.1 Å². The first-order chi connectivity index (χ1) is 15.3. The van der Waals surface area contributed by atoms with Gasteiger partial charge in [-0.05, 0) is 92.2 Å². The van der Waals surface area contributed by atoms with Crippen LogP contribution in [-0.4, -0.2) is 30.6 Å². The summed E-state index contributed by atoms with van der Waals surface area (Å²) < 4.78 is 0. The number of hydrogen-bond acceptors (Lipinski definition) is 3. The van der Waals surface area contributed by atoms with E-state index in [2.05, 4.69) is 62.0 Å². The van der Waals surface area contributed by atoms with Crippen LogP contribution in [0, 0.1) is 29.1 Å². The second-order valence-electron chi connectivity index (χ2n) is 10.8. The van der Waals surface area contributed by atoms with Gasteiger partial charge in [-0.25, -0.2) is 0 Å². The summed E-state index contributed by atoms with van der Waals surface area (Å²) in [6, 6.07) is 8.91. The number of benzene rings is 1. The Kier molecular flexibility index (Phi) is 5.13. The van der Waals surface area contributed by atoms with Gasteiger partial charge in [-0.1, -0.05) is 30.6 Å². The summed E-state index contributed by atoms with van der Waals surface area (Å²) in [4.78, 5) is 14.3. The number of nitrogens with zero attached hydrogens (tertiary/aromatic N) is 1. The molecule has 0 amide bonds. The molecule has 0 aliphatic heterocycles. The maximum Gasteiger partial charge on any atom is 0.156 e. The maximum atomic E-state index is 12.2. The molecule has 2 fully saturated rings. The second-order valence-corrected chi connectivity index (χ2v) is 10.8. The van der Waals surface area contributed by atoms with Crippen LogP contribution < -0.4 is 4.90 Å². The van der Waals surface area contributed by atoms with Gasteiger partial charge in [0.2, 0.25) is 0 Å². The van der Waals surface area contributed by atoms with Crippen molar-refractivity contribution < 1.29 is 9.90 Å². The summed E-state index contributed by atoms with van der Waals surface area (Å²) in [5, 5.41) is 11.8. The molecule has 2 saturated carbocycles. The molecule has 3 heteroatoms. The first kappa shape index (κ1) is 21.5. The van der Waals surface area contributed by atoms with E-state index in [1.165, 1.54) is 22.4 Å². The normalized spacial score (nSPS) is 35.8. The highest BCUT2D eigenvalue weighted by Crippen LogP contribution is 2.66. The van der Waals surface area contributed by atoms with E-state index >= 15 is 0 Å². The summed E-state index contributed by atoms with van der Waals surface area (Å²) in [7, 11) is 4.17. The predicted molar refractivity (Wildman–Crippen MR) is 129 cm³/mol. The van der Waals surface area contributed by atoms with Crippen molar-refractivity contribution in [3.05, 3.63) is 52.6 Å². The summed E-state index contributed by atoms with van der Waals surface area (Å²) >= 11 is 0. The Bertz CT molecular complexity index is 1080. The molecule has 0 heterocycles. The molecule has 0 radical (unpaired) electrons. The molecule has 1 aromatic rings. The van der Waals surface area contributed by atoms with Crippen molar-refractivity contribution in [3.63, 3.8) is 0 Å². The standard InChI is InChI=1S/C29H35NO2/c1-5-14-29(32)15-13-26-24-11-9-20-17-22(31)10-12-23(20)27(24)25(18-28(26,29)2)19-7-6-8-21(16-19)30(3)4/h6-8,16-17,24-26,32H,9-13,15,18H2,1-4H3/t24-,25+,26+,28-,29-/m0/s1. The average Bonchev–Trinajstić information content (AvgIpc) is 3.03. The minimum absolute atomic E-state index is 0.227. The number of aliphatic hydroxyl groups is 1. The molecule has 5 atom stereocenters. The van der Waals surface area contributed by atoms with Gasteiger partial charge >= 0.3 is 0 Å². The molecular weight excluding hydrogens is 394 g/mol. The lowest BCUT2D eigenvalue weighted by Gasteiger charge is -2.53. The van der Waals surface area contributed by atoms with Crippen LogP contribution in [0.25, 0.3) is 0 Å². The molecule has 5 rings (SSSR count). The fraction of sp³-hybridized carbons (Fsp3) is 0.552. The van der Waals surface area contributed by atoms with Crippen molar-refractivity contribution in [2.24, 2.45) is 17.3 Å². The smallest absolute Gasteiger partial charge is 0.156 e. The highest BCUT2D eigenvalue weighted by atomic mass is 16.3. The van der Waals surface area contributed by atoms with Gasteiger partial charge in [-0.15, -0.1) is 5.92 Å². The molecule has 1 aromatic carbocycles. The van der Waals surface area contributed by atoms with Crippen molar-refractivity contribution >= 4 is 11.5 Å². The van der Waals surface area contributed by atoms with E-state index in [0.29, 0.717) is 18.3 Å². The van der Waals surface area contributed by atoms with E-state index in [1.54, 1.807) is 5.57 Å². The Hall–Kier alpha value is -2.31. The van der Waals surface area contributed by atoms with Crippen LogP contribution in [0.5, 0.6) is 0 Å². The molecule has 0 spiro atoms. The van der Waals surface area contributed by atoms with Gasteiger partial charge in [0.1, 0.15) is 5.60 Å². The van der Waals surface area contributed by atoms with Crippen LogP contribution in [0.1, 0.15) is 70.3 Å². The first-order valence-corrected chi connectivity index (χ1v) is 12.2. The van der Waals surface area contributed by atoms with Crippen LogP contribution in [-0.2, 0) is 4.79 Å². The molecule has 0 unspecified atom stereocenters. The average molecular weight is 430 g/mol. The number of allylic oxidation sites excluding steroid dienone is 4. The Morgan fingerprint density at radius 3 is 2.72 bits per heavy atom. The van der Waals surface area contributed by atoms with Crippen LogP contribution in [0.3, 0.4) is 0 Å². The molecule has 4 aliphatic rings. The van der Waals surface area contributed by atoms with Crippen molar-refractivity contribution in [2.75, 3.05) is 19.0 Å². The lowest BCUT2D eigenvalue weighted by atomic mass is 9.51. The minimum atomic E-state index is -0.918. The highest BCUT2D eigenvalue weighted by molar-refractivity contribution is 5.93. The molecule has 0 aromatic heterocycles. The van der Waals surface area contributed by atoms with Crippen LogP contribution in [0.4, 0.5) is 5.69 Å². The fourth-order valence-corrected chi connectivity index (χ4v) is 7.40. The lowest BCUT2D eigenvalue weighted by molar-refractivity contribution is -0.114. The van der Waals surface area contributed by atoms with Gasteiger partial charge in [0.05, 0.1) is 0 Å². The Balaban J connectivity index is 1.70. The molecule has 4 aliphatic carbocycles. The van der Waals surface area contributed by atoms with E-state index < -0.39 is 5.60 Å². The summed E-state index contributed by atoms with van der Waals surface area (Å²) in [6.07, 6.45) is 8.22.